The van der Waals surface area contributed by atoms with Gasteiger partial charge in [0.2, 0.25) is 0 Å². The summed E-state index contributed by atoms with van der Waals surface area (Å²) in [6.45, 7) is 0. The fourth-order valence-electron chi connectivity index (χ4n) is 10.4. The van der Waals surface area contributed by atoms with Crippen molar-refractivity contribution in [1.29, 1.82) is 0 Å². The van der Waals surface area contributed by atoms with Crippen molar-refractivity contribution in [2.75, 3.05) is 0 Å². The molecule has 67 heavy (non-hydrogen) atoms. The van der Waals surface area contributed by atoms with Crippen LogP contribution in [0.15, 0.2) is 231 Å². The van der Waals surface area contributed by atoms with Crippen LogP contribution in [0.25, 0.3) is 131 Å². The molecule has 14 rings (SSSR count). The average molecular weight is 871 g/mol. The van der Waals surface area contributed by atoms with Gasteiger partial charge in [0.15, 0.2) is 5.82 Å². The molecule has 312 valence electrons. The van der Waals surface area contributed by atoms with Gasteiger partial charge in [-0.1, -0.05) is 164 Å². The van der Waals surface area contributed by atoms with E-state index in [9.17, 15) is 0 Å². The lowest BCUT2D eigenvalue weighted by molar-refractivity contribution is 1.16. The fourth-order valence-corrected chi connectivity index (χ4v) is 11.7. The Morgan fingerprint density at radius 3 is 1.70 bits per heavy atom. The third-order valence-electron chi connectivity index (χ3n) is 13.5. The summed E-state index contributed by atoms with van der Waals surface area (Å²) >= 11 is 1.90. The van der Waals surface area contributed by atoms with E-state index in [1.165, 1.54) is 80.3 Å². The molecule has 0 unspecified atom stereocenters. The van der Waals surface area contributed by atoms with E-state index in [-0.39, 0.29) is 0 Å². The highest BCUT2D eigenvalue weighted by Crippen LogP contribution is 2.48. The standard InChI is InChI=1S/C62H38N4S/c1-3-17-40(18-4-1)53-38-54(41-19-5-2-6-20-41)64-62(63-53)44-22-15-23-45(35-44)65-55-27-12-9-24-47(55)51-36-43(31-33-57(51)65)50-37-52-48-25-10-13-28-56(48)66(46-32-30-39-16-7-8-21-42(39)34-46)60(52)61-59(50)49-26-11-14-29-58(49)67-61/h1-38H. The summed E-state index contributed by atoms with van der Waals surface area (Å²) in [4.78, 5) is 10.4. The van der Waals surface area contributed by atoms with Crippen molar-refractivity contribution in [2.24, 2.45) is 0 Å². The lowest BCUT2D eigenvalue weighted by Crippen LogP contribution is -1.98. The minimum absolute atomic E-state index is 0.689. The van der Waals surface area contributed by atoms with Crippen molar-refractivity contribution in [3.63, 3.8) is 0 Å². The Hall–Kier alpha value is -8.64. The van der Waals surface area contributed by atoms with E-state index in [4.69, 9.17) is 9.97 Å². The third-order valence-corrected chi connectivity index (χ3v) is 14.7. The zero-order chi connectivity index (χ0) is 44.0. The predicted octanol–water partition coefficient (Wildman–Crippen LogP) is 16.9. The van der Waals surface area contributed by atoms with Crippen LogP contribution in [0.4, 0.5) is 0 Å². The minimum atomic E-state index is 0.689. The Labute approximate surface area is 389 Å². The number of rotatable bonds is 6. The van der Waals surface area contributed by atoms with E-state index in [1.807, 2.05) is 23.5 Å². The molecule has 14 aromatic rings. The molecule has 0 radical (unpaired) electrons. The number of hydrogen-bond acceptors (Lipinski definition) is 3. The van der Waals surface area contributed by atoms with Crippen molar-refractivity contribution in [3.05, 3.63) is 231 Å². The van der Waals surface area contributed by atoms with Crippen molar-refractivity contribution < 1.29 is 0 Å². The Balaban J connectivity index is 0.973. The normalized spacial score (nSPS) is 11.9. The van der Waals surface area contributed by atoms with E-state index < -0.39 is 0 Å². The first-order valence-electron chi connectivity index (χ1n) is 22.7. The molecule has 0 fully saturated rings. The van der Waals surface area contributed by atoms with Gasteiger partial charge >= 0.3 is 0 Å². The molecule has 4 aromatic heterocycles. The topological polar surface area (TPSA) is 35.6 Å². The van der Waals surface area contributed by atoms with Crippen LogP contribution in [0.2, 0.25) is 0 Å². The predicted molar refractivity (Wildman–Crippen MR) is 283 cm³/mol. The van der Waals surface area contributed by atoms with Crippen LogP contribution in [0.3, 0.4) is 0 Å². The molecule has 0 aliphatic rings. The van der Waals surface area contributed by atoms with Gasteiger partial charge in [-0.2, -0.15) is 0 Å². The number of thiophene rings is 1. The van der Waals surface area contributed by atoms with E-state index in [1.54, 1.807) is 0 Å². The lowest BCUT2D eigenvalue weighted by atomic mass is 9.95. The summed E-state index contributed by atoms with van der Waals surface area (Å²) < 4.78 is 7.47. The molecule has 0 aliphatic carbocycles. The van der Waals surface area contributed by atoms with Crippen LogP contribution < -0.4 is 0 Å². The first kappa shape index (κ1) is 37.7. The van der Waals surface area contributed by atoms with Gasteiger partial charge in [0, 0.05) is 65.1 Å². The fraction of sp³-hybridized carbons (Fsp3) is 0. The summed E-state index contributed by atoms with van der Waals surface area (Å²) in [5.74, 6) is 0.689. The van der Waals surface area contributed by atoms with Gasteiger partial charge < -0.3 is 9.13 Å². The number of hydrogen-bond donors (Lipinski definition) is 0. The molecule has 4 heterocycles. The Morgan fingerprint density at radius 2 is 0.940 bits per heavy atom. The van der Waals surface area contributed by atoms with Gasteiger partial charge in [-0.05, 0) is 88.6 Å². The van der Waals surface area contributed by atoms with Gasteiger partial charge in [-0.3, -0.25) is 0 Å². The van der Waals surface area contributed by atoms with Gasteiger partial charge in [0.05, 0.1) is 38.2 Å². The molecule has 0 amide bonds. The van der Waals surface area contributed by atoms with Crippen LogP contribution in [-0.2, 0) is 0 Å². The monoisotopic (exact) mass is 870 g/mol. The SMILES string of the molecule is c1ccc(-c2cc(-c3ccccc3)nc(-c3cccc(-n4c5ccccc5c5cc(-c6cc7c8ccccc8n(-c8ccc9ccccc9c8)c7c7sc8ccccc8c67)ccc54)c3)n2)cc1. The molecular weight excluding hydrogens is 833 g/mol. The third kappa shape index (κ3) is 5.99. The molecule has 0 bridgehead atoms. The van der Waals surface area contributed by atoms with Crippen molar-refractivity contribution in [3.8, 4) is 56.4 Å². The zero-order valence-corrected chi connectivity index (χ0v) is 37.0. The Bertz CT molecular complexity index is 4220. The number of fused-ring (bicyclic) bond motifs is 11. The summed E-state index contributed by atoms with van der Waals surface area (Å²) in [6, 6.07) is 83.2. The van der Waals surface area contributed by atoms with Gasteiger partial charge in [0.1, 0.15) is 0 Å². The second kappa shape index (κ2) is 15.0. The van der Waals surface area contributed by atoms with E-state index in [0.717, 1.165) is 44.8 Å². The highest BCUT2D eigenvalue weighted by molar-refractivity contribution is 7.26. The molecule has 0 atom stereocenters. The van der Waals surface area contributed by atoms with Crippen LogP contribution in [0.5, 0.6) is 0 Å². The maximum Gasteiger partial charge on any atom is 0.160 e. The number of benzene rings is 10. The molecule has 5 heteroatoms. The molecule has 0 N–H and O–H groups in total. The molecule has 4 nitrogen and oxygen atoms in total. The number of para-hydroxylation sites is 2. The maximum atomic E-state index is 5.18. The zero-order valence-electron chi connectivity index (χ0n) is 36.1. The summed E-state index contributed by atoms with van der Waals surface area (Å²) in [5.41, 5.74) is 14.3. The van der Waals surface area contributed by atoms with Crippen LogP contribution in [0.1, 0.15) is 0 Å². The second-order valence-corrected chi connectivity index (χ2v) is 18.4. The minimum Gasteiger partial charge on any atom is -0.309 e. The molecule has 0 spiro atoms. The van der Waals surface area contributed by atoms with Crippen LogP contribution >= 0.6 is 11.3 Å². The molecule has 0 saturated heterocycles. The Morgan fingerprint density at radius 1 is 0.343 bits per heavy atom. The largest absolute Gasteiger partial charge is 0.309 e. The van der Waals surface area contributed by atoms with Gasteiger partial charge in [-0.15, -0.1) is 11.3 Å². The van der Waals surface area contributed by atoms with Crippen LogP contribution in [-0.4, -0.2) is 19.1 Å². The first-order chi connectivity index (χ1) is 33.2. The van der Waals surface area contributed by atoms with Gasteiger partial charge in [0.25, 0.3) is 0 Å². The quantitative estimate of drug-likeness (QED) is 0.167. The van der Waals surface area contributed by atoms with Crippen molar-refractivity contribution >= 4 is 85.9 Å². The molecular formula is C62H38N4S. The van der Waals surface area contributed by atoms with E-state index in [0.29, 0.717) is 5.82 Å². The van der Waals surface area contributed by atoms with E-state index >= 15 is 0 Å². The average Bonchev–Trinajstić information content (AvgIpc) is 4.07. The van der Waals surface area contributed by atoms with E-state index in [2.05, 4.69) is 228 Å². The second-order valence-electron chi connectivity index (χ2n) is 17.3. The lowest BCUT2D eigenvalue weighted by Gasteiger charge is -2.13. The smallest absolute Gasteiger partial charge is 0.160 e. The maximum absolute atomic E-state index is 5.18. The highest BCUT2D eigenvalue weighted by Gasteiger charge is 2.23. The van der Waals surface area contributed by atoms with Crippen molar-refractivity contribution in [1.82, 2.24) is 19.1 Å². The molecule has 10 aromatic carbocycles. The molecule has 0 aliphatic heterocycles. The first-order valence-corrected chi connectivity index (χ1v) is 23.5. The Kier molecular flexibility index (Phi) is 8.42. The number of nitrogens with zero attached hydrogens (tertiary/aromatic N) is 4. The summed E-state index contributed by atoms with van der Waals surface area (Å²) in [6.07, 6.45) is 0. The molecule has 0 saturated carbocycles. The van der Waals surface area contributed by atoms with Gasteiger partial charge in [-0.25, -0.2) is 9.97 Å². The summed E-state index contributed by atoms with van der Waals surface area (Å²) in [5, 5.41) is 9.97. The summed E-state index contributed by atoms with van der Waals surface area (Å²) in [7, 11) is 0. The van der Waals surface area contributed by atoms with Crippen molar-refractivity contribution in [2.45, 2.75) is 0 Å². The highest BCUT2D eigenvalue weighted by atomic mass is 32.1. The number of aromatic nitrogens is 4. The van der Waals surface area contributed by atoms with Crippen LogP contribution in [0, 0.1) is 0 Å².